The zero-order chi connectivity index (χ0) is 15.7. The van der Waals surface area contributed by atoms with Crippen LogP contribution in [0.3, 0.4) is 0 Å². The van der Waals surface area contributed by atoms with E-state index in [-0.39, 0.29) is 11.8 Å². The molecule has 2 nitrogen and oxygen atoms in total. The van der Waals surface area contributed by atoms with Crippen molar-refractivity contribution < 1.29 is 4.79 Å². The molecule has 21 heavy (non-hydrogen) atoms. The Morgan fingerprint density at radius 2 is 1.81 bits per heavy atom. The van der Waals surface area contributed by atoms with Crippen LogP contribution in [0.25, 0.3) is 0 Å². The van der Waals surface area contributed by atoms with Gasteiger partial charge < -0.3 is 5.73 Å². The first-order chi connectivity index (χ1) is 10.1. The van der Waals surface area contributed by atoms with Crippen molar-refractivity contribution in [3.8, 4) is 0 Å². The van der Waals surface area contributed by atoms with Crippen molar-refractivity contribution in [3.05, 3.63) is 48.0 Å². The summed E-state index contributed by atoms with van der Waals surface area (Å²) in [5, 5.41) is 0. The lowest BCUT2D eigenvalue weighted by Crippen LogP contribution is -2.21. The fourth-order valence-electron chi connectivity index (χ4n) is 2.92. The summed E-state index contributed by atoms with van der Waals surface area (Å²) in [5.41, 5.74) is 7.40. The van der Waals surface area contributed by atoms with Gasteiger partial charge in [0.2, 0.25) is 5.91 Å². The van der Waals surface area contributed by atoms with Crippen molar-refractivity contribution in [2.24, 2.45) is 11.7 Å². The van der Waals surface area contributed by atoms with Crippen molar-refractivity contribution >= 4 is 5.91 Å². The molecule has 0 saturated heterocycles. The normalized spacial score (nSPS) is 13.6. The van der Waals surface area contributed by atoms with E-state index in [9.17, 15) is 4.79 Å². The number of carbonyl (C=O) groups excluding carboxylic acids is 1. The van der Waals surface area contributed by atoms with Gasteiger partial charge in [0.25, 0.3) is 0 Å². The van der Waals surface area contributed by atoms with Crippen LogP contribution in [0.1, 0.15) is 63.9 Å². The van der Waals surface area contributed by atoms with Crippen LogP contribution in [0.4, 0.5) is 0 Å². The fraction of sp³-hybridized carbons (Fsp3) is 0.526. The lowest BCUT2D eigenvalue weighted by Gasteiger charge is -2.24. The van der Waals surface area contributed by atoms with Crippen LogP contribution in [0, 0.1) is 5.92 Å². The van der Waals surface area contributed by atoms with Gasteiger partial charge in [0, 0.05) is 5.57 Å². The molecule has 116 valence electrons. The molecule has 0 spiro atoms. The third kappa shape index (κ3) is 5.74. The van der Waals surface area contributed by atoms with Crippen molar-refractivity contribution in [2.75, 3.05) is 0 Å². The Labute approximate surface area is 129 Å². The number of unbranched alkanes of at least 4 members (excludes halogenated alkanes) is 1. The van der Waals surface area contributed by atoms with E-state index in [1.165, 1.54) is 18.4 Å². The summed E-state index contributed by atoms with van der Waals surface area (Å²) in [4.78, 5) is 11.5. The van der Waals surface area contributed by atoms with Crippen molar-refractivity contribution in [2.45, 2.75) is 58.3 Å². The van der Waals surface area contributed by atoms with Gasteiger partial charge in [-0.2, -0.15) is 0 Å². The molecule has 1 rings (SSSR count). The van der Waals surface area contributed by atoms with Crippen LogP contribution in [-0.4, -0.2) is 5.91 Å². The molecule has 1 aromatic carbocycles. The summed E-state index contributed by atoms with van der Waals surface area (Å²) >= 11 is 0. The second kappa shape index (κ2) is 9.38. The number of nitrogens with two attached hydrogens (primary N) is 1. The Morgan fingerprint density at radius 3 is 2.33 bits per heavy atom. The number of carbonyl (C=O) groups is 1. The number of primary amides is 1. The van der Waals surface area contributed by atoms with E-state index >= 15 is 0 Å². The summed E-state index contributed by atoms with van der Waals surface area (Å²) < 4.78 is 0. The molecule has 2 N–H and O–H groups in total. The van der Waals surface area contributed by atoms with Crippen LogP contribution in [0.15, 0.2) is 42.5 Å². The van der Waals surface area contributed by atoms with Crippen LogP contribution in [0.2, 0.25) is 0 Å². The Kier molecular flexibility index (Phi) is 7.81. The molecule has 1 aromatic rings. The Balaban J connectivity index is 2.86. The van der Waals surface area contributed by atoms with Crippen molar-refractivity contribution in [1.82, 2.24) is 0 Å². The highest BCUT2D eigenvalue weighted by molar-refractivity contribution is 5.91. The molecule has 0 bridgehead atoms. The van der Waals surface area contributed by atoms with Gasteiger partial charge in [0.1, 0.15) is 0 Å². The first-order valence-electron chi connectivity index (χ1n) is 8.13. The van der Waals surface area contributed by atoms with Gasteiger partial charge in [0.05, 0.1) is 0 Å². The van der Waals surface area contributed by atoms with Gasteiger partial charge in [0.15, 0.2) is 0 Å². The molecule has 0 radical (unpaired) electrons. The SMILES string of the molecule is C=C(C(N)=O)C(CCC)CC(CCCC)c1ccccc1. The summed E-state index contributed by atoms with van der Waals surface area (Å²) in [6.45, 7) is 8.29. The maximum absolute atomic E-state index is 11.5. The van der Waals surface area contributed by atoms with Crippen LogP contribution < -0.4 is 5.73 Å². The minimum absolute atomic E-state index is 0.203. The molecule has 2 heteroatoms. The third-order valence-electron chi connectivity index (χ3n) is 4.19. The molecule has 0 aliphatic carbocycles. The quantitative estimate of drug-likeness (QED) is 0.617. The number of hydrogen-bond acceptors (Lipinski definition) is 1. The monoisotopic (exact) mass is 287 g/mol. The molecule has 0 aliphatic rings. The number of rotatable bonds is 10. The summed E-state index contributed by atoms with van der Waals surface area (Å²) in [6, 6.07) is 10.6. The first-order valence-corrected chi connectivity index (χ1v) is 8.13. The molecule has 0 aromatic heterocycles. The Bertz CT molecular complexity index is 438. The summed E-state index contributed by atoms with van der Waals surface area (Å²) in [5.74, 6) is 0.337. The smallest absolute Gasteiger partial charge is 0.244 e. The highest BCUT2D eigenvalue weighted by Crippen LogP contribution is 2.33. The van der Waals surface area contributed by atoms with Crippen LogP contribution >= 0.6 is 0 Å². The van der Waals surface area contributed by atoms with E-state index in [0.717, 1.165) is 25.7 Å². The highest BCUT2D eigenvalue weighted by atomic mass is 16.1. The number of amides is 1. The topological polar surface area (TPSA) is 43.1 Å². The van der Waals surface area contributed by atoms with Crippen molar-refractivity contribution in [1.29, 1.82) is 0 Å². The summed E-state index contributed by atoms with van der Waals surface area (Å²) in [7, 11) is 0. The van der Waals surface area contributed by atoms with E-state index in [1.807, 2.05) is 6.07 Å². The minimum Gasteiger partial charge on any atom is -0.366 e. The zero-order valence-corrected chi connectivity index (χ0v) is 13.5. The fourth-order valence-corrected chi connectivity index (χ4v) is 2.92. The van der Waals surface area contributed by atoms with Gasteiger partial charge in [-0.25, -0.2) is 0 Å². The highest BCUT2D eigenvalue weighted by Gasteiger charge is 2.22. The van der Waals surface area contributed by atoms with E-state index in [2.05, 4.69) is 44.7 Å². The predicted molar refractivity (Wildman–Crippen MR) is 90.1 cm³/mol. The van der Waals surface area contributed by atoms with Crippen molar-refractivity contribution in [3.63, 3.8) is 0 Å². The Morgan fingerprint density at radius 1 is 1.14 bits per heavy atom. The maximum Gasteiger partial charge on any atom is 0.244 e. The second-order valence-corrected chi connectivity index (χ2v) is 5.86. The molecule has 0 heterocycles. The lowest BCUT2D eigenvalue weighted by atomic mass is 9.80. The average Bonchev–Trinajstić information content (AvgIpc) is 2.50. The number of hydrogen-bond donors (Lipinski definition) is 1. The average molecular weight is 287 g/mol. The zero-order valence-electron chi connectivity index (χ0n) is 13.5. The first kappa shape index (κ1) is 17.5. The number of benzene rings is 1. The predicted octanol–water partition coefficient (Wildman–Crippen LogP) is 4.81. The molecular formula is C19H29NO. The van der Waals surface area contributed by atoms with E-state index in [1.54, 1.807) is 0 Å². The minimum atomic E-state index is -0.351. The lowest BCUT2D eigenvalue weighted by molar-refractivity contribution is -0.115. The second-order valence-electron chi connectivity index (χ2n) is 5.86. The van der Waals surface area contributed by atoms with Gasteiger partial charge in [-0.1, -0.05) is 70.0 Å². The standard InChI is InChI=1S/C19H29NO/c1-4-6-11-18(16-12-8-7-9-13-16)14-17(10-5-2)15(3)19(20)21/h7-9,12-13,17-18H,3-6,10-11,14H2,1-2H3,(H2,20,21). The molecule has 0 fully saturated rings. The maximum atomic E-state index is 11.5. The Hall–Kier alpha value is -1.57. The van der Waals surface area contributed by atoms with Gasteiger partial charge in [-0.15, -0.1) is 0 Å². The molecule has 2 atom stereocenters. The molecule has 0 aliphatic heterocycles. The molecule has 1 amide bonds. The largest absolute Gasteiger partial charge is 0.366 e. The molecule has 2 unspecified atom stereocenters. The van der Waals surface area contributed by atoms with Crippen LogP contribution in [-0.2, 0) is 4.79 Å². The molecular weight excluding hydrogens is 258 g/mol. The van der Waals surface area contributed by atoms with Gasteiger partial charge in [-0.3, -0.25) is 4.79 Å². The van der Waals surface area contributed by atoms with E-state index in [0.29, 0.717) is 11.5 Å². The van der Waals surface area contributed by atoms with E-state index in [4.69, 9.17) is 5.73 Å². The van der Waals surface area contributed by atoms with E-state index < -0.39 is 0 Å². The van der Waals surface area contributed by atoms with Gasteiger partial charge >= 0.3 is 0 Å². The summed E-state index contributed by atoms with van der Waals surface area (Å²) in [6.07, 6.45) is 6.57. The third-order valence-corrected chi connectivity index (χ3v) is 4.19. The van der Waals surface area contributed by atoms with Crippen LogP contribution in [0.5, 0.6) is 0 Å². The van der Waals surface area contributed by atoms with Gasteiger partial charge in [-0.05, 0) is 36.7 Å². The molecule has 0 saturated carbocycles.